The number of anilines is 1. The normalized spacial score (nSPS) is 14.1. The first-order valence-electron chi connectivity index (χ1n) is 7.29. The molecule has 0 spiro atoms. The number of carbonyl (C=O) groups excluding carboxylic acids is 2. The molecule has 1 aliphatic heterocycles. The van der Waals surface area contributed by atoms with Crippen LogP contribution in [0.1, 0.15) is 19.4 Å². The third kappa shape index (κ3) is 3.57. The second-order valence-electron chi connectivity index (χ2n) is 4.97. The molecule has 2 N–H and O–H groups in total. The maximum absolute atomic E-state index is 11.8. The fourth-order valence-corrected chi connectivity index (χ4v) is 2.57. The summed E-state index contributed by atoms with van der Waals surface area (Å²) in [6.07, 6.45) is 1.30. The fraction of sp³-hybridized carbons (Fsp3) is 0.267. The van der Waals surface area contributed by atoms with Gasteiger partial charge in [0.15, 0.2) is 5.11 Å². The Morgan fingerprint density at radius 3 is 2.29 bits per heavy atom. The zero-order chi connectivity index (χ0) is 17.9. The summed E-state index contributed by atoms with van der Waals surface area (Å²) < 4.78 is 0. The Hall–Kier alpha value is -2.81. The maximum atomic E-state index is 11.8. The molecule has 8 nitrogen and oxygen atoms in total. The lowest BCUT2D eigenvalue weighted by atomic mass is 10.1. The molecule has 0 aliphatic carbocycles. The highest BCUT2D eigenvalue weighted by molar-refractivity contribution is 7.80. The van der Waals surface area contributed by atoms with Crippen LogP contribution in [0.3, 0.4) is 0 Å². The number of benzene rings is 1. The molecule has 0 bridgehead atoms. The Morgan fingerprint density at radius 1 is 1.21 bits per heavy atom. The second-order valence-corrected chi connectivity index (χ2v) is 5.38. The lowest BCUT2D eigenvalue weighted by Crippen LogP contribution is -2.51. The van der Waals surface area contributed by atoms with Gasteiger partial charge in [0.05, 0.1) is 4.92 Å². The highest BCUT2D eigenvalue weighted by atomic mass is 32.1. The molecule has 1 aromatic rings. The van der Waals surface area contributed by atoms with E-state index in [4.69, 9.17) is 12.2 Å². The average Bonchev–Trinajstić information content (AvgIpc) is 2.52. The van der Waals surface area contributed by atoms with Crippen molar-refractivity contribution in [3.8, 4) is 0 Å². The summed E-state index contributed by atoms with van der Waals surface area (Å²) in [5, 5.41) is 15.9. The van der Waals surface area contributed by atoms with Crippen molar-refractivity contribution in [2.24, 2.45) is 0 Å². The quantitative estimate of drug-likeness (QED) is 0.274. The summed E-state index contributed by atoms with van der Waals surface area (Å²) in [5.41, 5.74) is 0.630. The van der Waals surface area contributed by atoms with Crippen molar-refractivity contribution in [3.63, 3.8) is 0 Å². The number of nitro benzene ring substituents is 1. The van der Waals surface area contributed by atoms with Crippen molar-refractivity contribution in [1.29, 1.82) is 0 Å². The van der Waals surface area contributed by atoms with E-state index in [0.29, 0.717) is 24.3 Å². The van der Waals surface area contributed by atoms with E-state index in [-0.39, 0.29) is 16.4 Å². The molecule has 1 heterocycles. The Labute approximate surface area is 143 Å². The van der Waals surface area contributed by atoms with Crippen LogP contribution in [-0.2, 0) is 9.59 Å². The van der Waals surface area contributed by atoms with E-state index in [1.807, 2.05) is 18.7 Å². The molecular formula is C15H16N4O4S. The van der Waals surface area contributed by atoms with Gasteiger partial charge in [-0.25, -0.2) is 0 Å². The highest BCUT2D eigenvalue weighted by Gasteiger charge is 2.26. The topological polar surface area (TPSA) is 105 Å². The Kier molecular flexibility index (Phi) is 5.24. The average molecular weight is 348 g/mol. The first-order chi connectivity index (χ1) is 11.4. The summed E-state index contributed by atoms with van der Waals surface area (Å²) in [4.78, 5) is 36.4. The van der Waals surface area contributed by atoms with Crippen LogP contribution in [0.5, 0.6) is 0 Å². The number of nitrogens with zero attached hydrogens (tertiary/aromatic N) is 2. The lowest BCUT2D eigenvalue weighted by molar-refractivity contribution is -0.384. The minimum absolute atomic E-state index is 0.0648. The zero-order valence-corrected chi connectivity index (χ0v) is 14.0. The van der Waals surface area contributed by atoms with Crippen molar-refractivity contribution in [2.75, 3.05) is 18.0 Å². The largest absolute Gasteiger partial charge is 0.367 e. The molecule has 1 aromatic carbocycles. The van der Waals surface area contributed by atoms with Crippen LogP contribution >= 0.6 is 12.2 Å². The molecule has 126 valence electrons. The van der Waals surface area contributed by atoms with E-state index in [2.05, 4.69) is 10.6 Å². The van der Waals surface area contributed by atoms with E-state index in [1.165, 1.54) is 12.1 Å². The number of amides is 2. The van der Waals surface area contributed by atoms with E-state index in [9.17, 15) is 19.7 Å². The summed E-state index contributed by atoms with van der Waals surface area (Å²) in [6.45, 7) is 5.06. The smallest absolute Gasteiger partial charge is 0.293 e. The van der Waals surface area contributed by atoms with Gasteiger partial charge in [0.2, 0.25) is 0 Å². The van der Waals surface area contributed by atoms with Crippen LogP contribution in [0, 0.1) is 10.1 Å². The van der Waals surface area contributed by atoms with Gasteiger partial charge in [-0.05, 0) is 43.8 Å². The maximum Gasteiger partial charge on any atom is 0.293 e. The third-order valence-electron chi connectivity index (χ3n) is 3.55. The van der Waals surface area contributed by atoms with E-state index >= 15 is 0 Å². The van der Waals surface area contributed by atoms with E-state index in [1.54, 1.807) is 12.1 Å². The van der Waals surface area contributed by atoms with Gasteiger partial charge < -0.3 is 4.90 Å². The predicted octanol–water partition coefficient (Wildman–Crippen LogP) is 1.36. The summed E-state index contributed by atoms with van der Waals surface area (Å²) in [7, 11) is 0. The van der Waals surface area contributed by atoms with Crippen molar-refractivity contribution >= 4 is 46.6 Å². The molecular weight excluding hydrogens is 332 g/mol. The van der Waals surface area contributed by atoms with Crippen LogP contribution in [0.15, 0.2) is 23.8 Å². The SMILES string of the molecule is CCN(CC)c1ccc(C=C2C(=O)NC(=S)NC2=O)cc1[N+](=O)[O-]. The number of carbonyl (C=O) groups is 2. The molecule has 0 saturated carbocycles. The first kappa shape index (κ1) is 17.5. The van der Waals surface area contributed by atoms with Crippen LogP contribution in [0.4, 0.5) is 11.4 Å². The highest BCUT2D eigenvalue weighted by Crippen LogP contribution is 2.30. The molecule has 1 fully saturated rings. The van der Waals surface area contributed by atoms with Gasteiger partial charge in [-0.2, -0.15) is 0 Å². The van der Waals surface area contributed by atoms with Crippen molar-refractivity contribution in [3.05, 3.63) is 39.4 Å². The Bertz CT molecular complexity index is 734. The molecule has 0 atom stereocenters. The minimum Gasteiger partial charge on any atom is -0.367 e. The number of rotatable bonds is 5. The number of nitro groups is 1. The zero-order valence-electron chi connectivity index (χ0n) is 13.2. The van der Waals surface area contributed by atoms with Gasteiger partial charge in [0, 0.05) is 19.2 Å². The van der Waals surface area contributed by atoms with Gasteiger partial charge in [-0.1, -0.05) is 6.07 Å². The third-order valence-corrected chi connectivity index (χ3v) is 3.76. The molecule has 24 heavy (non-hydrogen) atoms. The number of hydrogen-bond donors (Lipinski definition) is 2. The van der Waals surface area contributed by atoms with Crippen LogP contribution < -0.4 is 15.5 Å². The van der Waals surface area contributed by atoms with Gasteiger partial charge in [-0.3, -0.25) is 30.3 Å². The molecule has 2 amide bonds. The van der Waals surface area contributed by atoms with E-state index < -0.39 is 16.7 Å². The van der Waals surface area contributed by atoms with Gasteiger partial charge in [0.1, 0.15) is 11.3 Å². The molecule has 2 rings (SSSR count). The summed E-state index contributed by atoms with van der Waals surface area (Å²) in [5.74, 6) is -1.28. The van der Waals surface area contributed by atoms with Crippen molar-refractivity contribution < 1.29 is 14.5 Å². The monoisotopic (exact) mass is 348 g/mol. The summed E-state index contributed by atoms with van der Waals surface area (Å²) >= 11 is 4.72. The summed E-state index contributed by atoms with van der Waals surface area (Å²) in [6, 6.07) is 4.58. The second kappa shape index (κ2) is 7.18. The molecule has 0 radical (unpaired) electrons. The molecule has 0 unspecified atom stereocenters. The standard InChI is InChI=1S/C15H16N4O4S/c1-3-18(4-2)11-6-5-9(8-12(11)19(22)23)7-10-13(20)16-15(24)17-14(10)21/h5-8H,3-4H2,1-2H3,(H2,16,17,20,21,24). The molecule has 9 heteroatoms. The van der Waals surface area contributed by atoms with Gasteiger partial charge in [0.25, 0.3) is 17.5 Å². The van der Waals surface area contributed by atoms with Crippen LogP contribution in [-0.4, -0.2) is 34.9 Å². The Morgan fingerprint density at radius 2 is 1.79 bits per heavy atom. The van der Waals surface area contributed by atoms with Gasteiger partial charge >= 0.3 is 0 Å². The van der Waals surface area contributed by atoms with Crippen LogP contribution in [0.2, 0.25) is 0 Å². The van der Waals surface area contributed by atoms with Gasteiger partial charge in [-0.15, -0.1) is 0 Å². The van der Waals surface area contributed by atoms with Crippen molar-refractivity contribution in [2.45, 2.75) is 13.8 Å². The number of hydrogen-bond acceptors (Lipinski definition) is 6. The lowest BCUT2D eigenvalue weighted by Gasteiger charge is -2.21. The Balaban J connectivity index is 2.45. The number of thiocarbonyl (C=S) groups is 1. The predicted molar refractivity (Wildman–Crippen MR) is 93.5 cm³/mol. The molecule has 0 aromatic heterocycles. The first-order valence-corrected chi connectivity index (χ1v) is 7.70. The van der Waals surface area contributed by atoms with Crippen LogP contribution in [0.25, 0.3) is 6.08 Å². The minimum atomic E-state index is -0.640. The number of nitrogens with one attached hydrogen (secondary N) is 2. The van der Waals surface area contributed by atoms with Crippen molar-refractivity contribution in [1.82, 2.24) is 10.6 Å². The molecule has 1 aliphatic rings. The van der Waals surface area contributed by atoms with E-state index in [0.717, 1.165) is 0 Å². The fourth-order valence-electron chi connectivity index (χ4n) is 2.38. The molecule has 1 saturated heterocycles.